The Kier molecular flexibility index (Phi) is 6.92. The topological polar surface area (TPSA) is 86.3 Å². The van der Waals surface area contributed by atoms with E-state index in [4.69, 9.17) is 9.72 Å². The highest BCUT2D eigenvalue weighted by molar-refractivity contribution is 5.79. The number of aromatic nitrogens is 4. The lowest BCUT2D eigenvalue weighted by Gasteiger charge is -2.22. The summed E-state index contributed by atoms with van der Waals surface area (Å²) in [5.74, 6) is 0.794. The van der Waals surface area contributed by atoms with Gasteiger partial charge in [0.25, 0.3) is 0 Å². The average Bonchev–Trinajstić information content (AvgIpc) is 3.41. The number of fused-ring (bicyclic) bond motifs is 1. The second kappa shape index (κ2) is 9.79. The van der Waals surface area contributed by atoms with E-state index in [0.717, 1.165) is 30.7 Å². The van der Waals surface area contributed by atoms with Crippen LogP contribution in [0.2, 0.25) is 0 Å². The first-order valence-electron chi connectivity index (χ1n) is 11.7. The Morgan fingerprint density at radius 2 is 2.00 bits per heavy atom. The fourth-order valence-corrected chi connectivity index (χ4v) is 3.94. The van der Waals surface area contributed by atoms with Crippen LogP contribution in [0.15, 0.2) is 41.7 Å². The number of aliphatic imine (C=N–C) groups is 1. The highest BCUT2D eigenvalue weighted by Crippen LogP contribution is 2.36. The number of rotatable bonds is 7. The molecule has 8 nitrogen and oxygen atoms in total. The maximum atomic E-state index is 13.1. The molecular weight excluding hydrogens is 473 g/mol. The number of nitrogens with zero attached hydrogens (tertiary/aromatic N) is 5. The maximum absolute atomic E-state index is 13.1. The lowest BCUT2D eigenvalue weighted by molar-refractivity contribution is -0.157. The zero-order chi connectivity index (χ0) is 26.1. The molecule has 0 saturated heterocycles. The van der Waals surface area contributed by atoms with Crippen LogP contribution in [0.4, 0.5) is 19.0 Å². The summed E-state index contributed by atoms with van der Waals surface area (Å²) in [7, 11) is 0. The van der Waals surface area contributed by atoms with Gasteiger partial charge in [-0.2, -0.15) is 18.3 Å². The van der Waals surface area contributed by atoms with Gasteiger partial charge in [0.2, 0.25) is 0 Å². The minimum Gasteiger partial charge on any atom is -0.443 e. The summed E-state index contributed by atoms with van der Waals surface area (Å²) in [6.45, 7) is 7.51. The zero-order valence-electron chi connectivity index (χ0n) is 20.6. The number of halogens is 3. The highest BCUT2D eigenvalue weighted by atomic mass is 19.4. The molecule has 0 saturated carbocycles. The zero-order valence-corrected chi connectivity index (χ0v) is 20.6. The molecule has 36 heavy (non-hydrogen) atoms. The molecule has 0 spiro atoms. The van der Waals surface area contributed by atoms with Crippen LogP contribution in [0.25, 0.3) is 11.4 Å². The molecule has 2 aromatic heterocycles. The van der Waals surface area contributed by atoms with Gasteiger partial charge >= 0.3 is 12.1 Å². The van der Waals surface area contributed by atoms with E-state index in [-0.39, 0.29) is 25.3 Å². The van der Waals surface area contributed by atoms with E-state index in [0.29, 0.717) is 22.8 Å². The molecule has 0 fully saturated rings. The van der Waals surface area contributed by atoms with Crippen molar-refractivity contribution in [2.75, 3.05) is 5.32 Å². The van der Waals surface area contributed by atoms with Crippen molar-refractivity contribution in [3.8, 4) is 11.4 Å². The Labute approximate surface area is 207 Å². The molecular formula is C25H29F3N6O2. The number of nitrogens with one attached hydrogen (secondary N) is 1. The fourth-order valence-electron chi connectivity index (χ4n) is 3.94. The number of carbonyl (C=O) groups is 1. The van der Waals surface area contributed by atoms with Gasteiger partial charge in [-0.15, -0.1) is 0 Å². The molecule has 0 radical (unpaired) electrons. The number of esters is 1. The van der Waals surface area contributed by atoms with E-state index >= 15 is 0 Å². The van der Waals surface area contributed by atoms with Crippen molar-refractivity contribution in [1.29, 1.82) is 0 Å². The smallest absolute Gasteiger partial charge is 0.416 e. The van der Waals surface area contributed by atoms with Crippen LogP contribution in [0, 0.1) is 5.41 Å². The third-order valence-electron chi connectivity index (χ3n) is 5.77. The van der Waals surface area contributed by atoms with E-state index in [9.17, 15) is 18.0 Å². The van der Waals surface area contributed by atoms with Crippen molar-refractivity contribution in [1.82, 2.24) is 19.3 Å². The summed E-state index contributed by atoms with van der Waals surface area (Å²) in [6.07, 6.45) is 2.20. The molecule has 3 aromatic rings. The summed E-state index contributed by atoms with van der Waals surface area (Å²) in [4.78, 5) is 21.8. The number of alkyl halides is 3. The first kappa shape index (κ1) is 25.5. The van der Waals surface area contributed by atoms with Crippen LogP contribution < -0.4 is 5.32 Å². The lowest BCUT2D eigenvalue weighted by Crippen LogP contribution is -2.25. The van der Waals surface area contributed by atoms with Crippen LogP contribution >= 0.6 is 0 Å². The van der Waals surface area contributed by atoms with Gasteiger partial charge in [0.05, 0.1) is 47.4 Å². The summed E-state index contributed by atoms with van der Waals surface area (Å²) >= 11 is 0. The van der Waals surface area contributed by atoms with Gasteiger partial charge in [0, 0.05) is 6.20 Å². The summed E-state index contributed by atoms with van der Waals surface area (Å²) in [5.41, 5.74) is 0.543. The molecule has 1 N–H and O–H groups in total. The Morgan fingerprint density at radius 3 is 2.69 bits per heavy atom. The van der Waals surface area contributed by atoms with Crippen molar-refractivity contribution in [3.63, 3.8) is 0 Å². The molecule has 4 rings (SSSR count). The minimum atomic E-state index is -4.41. The molecule has 1 atom stereocenters. The van der Waals surface area contributed by atoms with Crippen molar-refractivity contribution in [3.05, 3.63) is 53.5 Å². The van der Waals surface area contributed by atoms with Crippen LogP contribution in [-0.4, -0.2) is 31.6 Å². The van der Waals surface area contributed by atoms with Crippen LogP contribution in [0.1, 0.15) is 63.4 Å². The van der Waals surface area contributed by atoms with Gasteiger partial charge in [0.1, 0.15) is 5.82 Å². The van der Waals surface area contributed by atoms with Crippen LogP contribution in [-0.2, 0) is 29.0 Å². The van der Waals surface area contributed by atoms with Crippen molar-refractivity contribution in [2.45, 2.75) is 66.0 Å². The molecule has 0 amide bonds. The normalized spacial score (nSPS) is 15.5. The van der Waals surface area contributed by atoms with Crippen LogP contribution in [0.3, 0.4) is 0 Å². The Morgan fingerprint density at radius 1 is 1.22 bits per heavy atom. The maximum Gasteiger partial charge on any atom is 0.416 e. The van der Waals surface area contributed by atoms with E-state index in [2.05, 4.69) is 22.3 Å². The van der Waals surface area contributed by atoms with E-state index < -0.39 is 17.2 Å². The first-order valence-corrected chi connectivity index (χ1v) is 11.7. The predicted molar refractivity (Wildman–Crippen MR) is 129 cm³/mol. The molecule has 0 aliphatic carbocycles. The van der Waals surface area contributed by atoms with Gasteiger partial charge in [-0.3, -0.25) is 19.0 Å². The Bertz CT molecular complexity index is 1270. The number of benzene rings is 1. The average molecular weight is 503 g/mol. The first-order chi connectivity index (χ1) is 17.0. The van der Waals surface area contributed by atoms with Gasteiger partial charge in [0.15, 0.2) is 12.5 Å². The largest absolute Gasteiger partial charge is 0.443 e. The highest BCUT2D eigenvalue weighted by Gasteiger charge is 2.31. The van der Waals surface area contributed by atoms with Gasteiger partial charge in [-0.25, -0.2) is 4.98 Å². The standard InChI is InChI=1S/C25H29F3N6O2/c1-5-7-19-20-21(30-14-29-19)32-22(34(20)15-36-23(35)24(2,3)4)17-11-31-33(13-17)12-16-8-6-9-18(10-16)25(26,27)28/h6,8-11,13-14,19H,5,7,12,15H2,1-4H3,(H,29,30). The number of anilines is 1. The fraction of sp³-hybridized carbons (Fsp3) is 0.440. The van der Waals surface area contributed by atoms with Gasteiger partial charge in [-0.05, 0) is 44.9 Å². The van der Waals surface area contributed by atoms with Gasteiger partial charge in [-0.1, -0.05) is 25.5 Å². The van der Waals surface area contributed by atoms with E-state index in [1.807, 2.05) is 4.57 Å². The minimum absolute atomic E-state index is 0.0516. The second-order valence-corrected chi connectivity index (χ2v) is 9.76. The van der Waals surface area contributed by atoms with E-state index in [1.165, 1.54) is 6.07 Å². The Balaban J connectivity index is 1.66. The third kappa shape index (κ3) is 5.44. The summed E-state index contributed by atoms with van der Waals surface area (Å²) in [5, 5.41) is 7.41. The van der Waals surface area contributed by atoms with Crippen molar-refractivity contribution < 1.29 is 22.7 Å². The monoisotopic (exact) mass is 502 g/mol. The van der Waals surface area contributed by atoms with Crippen molar-refractivity contribution in [2.24, 2.45) is 10.4 Å². The number of hydrogen-bond acceptors (Lipinski definition) is 6. The predicted octanol–water partition coefficient (Wildman–Crippen LogP) is 5.66. The summed E-state index contributed by atoms with van der Waals surface area (Å²) < 4.78 is 48.3. The molecule has 192 valence electrons. The third-order valence-corrected chi connectivity index (χ3v) is 5.77. The van der Waals surface area contributed by atoms with Gasteiger partial charge < -0.3 is 10.1 Å². The number of ether oxygens (including phenoxy) is 1. The Hall–Kier alpha value is -3.63. The number of hydrogen-bond donors (Lipinski definition) is 1. The molecule has 1 unspecified atom stereocenters. The molecule has 1 aromatic carbocycles. The summed E-state index contributed by atoms with van der Waals surface area (Å²) in [6, 6.07) is 5.01. The molecule has 1 aliphatic heterocycles. The van der Waals surface area contributed by atoms with E-state index in [1.54, 1.807) is 50.3 Å². The lowest BCUT2D eigenvalue weighted by atomic mass is 9.98. The second-order valence-electron chi connectivity index (χ2n) is 9.76. The molecule has 0 bridgehead atoms. The molecule has 11 heteroatoms. The number of carbonyl (C=O) groups excluding carboxylic acids is 1. The number of imidazole rings is 1. The SMILES string of the molecule is CCCC1N=CNc2nc(-c3cnn(Cc4cccc(C(F)(F)F)c4)c3)n(COC(=O)C(C)(C)C)c21. The molecule has 3 heterocycles. The molecule has 1 aliphatic rings. The van der Waals surface area contributed by atoms with Crippen molar-refractivity contribution >= 4 is 18.1 Å². The van der Waals surface area contributed by atoms with Crippen LogP contribution in [0.5, 0.6) is 0 Å². The quantitative estimate of drug-likeness (QED) is 0.422.